The molecule has 1 rings (SSSR count). The Morgan fingerprint density at radius 1 is 1.13 bits per heavy atom. The normalized spacial score (nSPS) is 12.3. The van der Waals surface area contributed by atoms with Gasteiger partial charge in [-0.3, -0.25) is 9.79 Å². The molecule has 0 aromatic heterocycles. The first-order valence-electron chi connectivity index (χ1n) is 9.38. The molecule has 0 bridgehead atoms. The number of hydrogen-bond acceptors (Lipinski definition) is 6. The monoisotopic (exact) mass is 439 g/mol. The Morgan fingerprint density at radius 3 is 2.43 bits per heavy atom. The van der Waals surface area contributed by atoms with Gasteiger partial charge in [0.25, 0.3) is 0 Å². The van der Waals surface area contributed by atoms with E-state index < -0.39 is 30.1 Å². The minimum absolute atomic E-state index is 0.0616. The second kappa shape index (κ2) is 14.1. The zero-order chi connectivity index (χ0) is 22.4. The zero-order valence-electron chi connectivity index (χ0n) is 16.9. The van der Waals surface area contributed by atoms with Gasteiger partial charge < -0.3 is 31.9 Å². The number of carboxylic acids is 1. The highest BCUT2D eigenvalue weighted by molar-refractivity contribution is 7.98. The van der Waals surface area contributed by atoms with Gasteiger partial charge in [-0.1, -0.05) is 30.3 Å². The number of carbonyl (C=O) groups is 3. The van der Waals surface area contributed by atoms with E-state index in [2.05, 4.69) is 15.6 Å². The van der Waals surface area contributed by atoms with Crippen LogP contribution in [0.4, 0.5) is 4.79 Å². The lowest BCUT2D eigenvalue weighted by Crippen LogP contribution is -2.52. The van der Waals surface area contributed by atoms with Crippen molar-refractivity contribution in [3.8, 4) is 0 Å². The van der Waals surface area contributed by atoms with Crippen LogP contribution in [0, 0.1) is 0 Å². The van der Waals surface area contributed by atoms with Gasteiger partial charge in [-0.2, -0.15) is 11.8 Å². The summed E-state index contributed by atoms with van der Waals surface area (Å²) in [6.45, 7) is 0.314. The number of thioether (sulfide) groups is 1. The Balaban J connectivity index is 2.62. The van der Waals surface area contributed by atoms with Gasteiger partial charge in [0, 0.05) is 6.54 Å². The van der Waals surface area contributed by atoms with Crippen molar-refractivity contribution in [3.05, 3.63) is 35.9 Å². The molecule has 0 saturated carbocycles. The zero-order valence-corrected chi connectivity index (χ0v) is 17.7. The summed E-state index contributed by atoms with van der Waals surface area (Å²) in [5.74, 6) is -1.25. The lowest BCUT2D eigenvalue weighted by Gasteiger charge is -2.21. The number of guanidine groups is 1. The van der Waals surface area contributed by atoms with Crippen molar-refractivity contribution in [2.75, 3.05) is 18.6 Å². The maximum Gasteiger partial charge on any atom is 0.408 e. The first kappa shape index (κ1) is 25.1. The van der Waals surface area contributed by atoms with Crippen molar-refractivity contribution in [2.45, 2.75) is 38.0 Å². The number of carboxylic acid groups (broad SMARTS) is 1. The molecule has 0 heterocycles. The quantitative estimate of drug-likeness (QED) is 0.169. The molecule has 2 amide bonds. The average molecular weight is 440 g/mol. The minimum Gasteiger partial charge on any atom is -0.480 e. The molecule has 1 aromatic rings. The third-order valence-electron chi connectivity index (χ3n) is 3.99. The predicted molar refractivity (Wildman–Crippen MR) is 116 cm³/mol. The summed E-state index contributed by atoms with van der Waals surface area (Å²) >= 11 is 1.50. The number of nitrogens with one attached hydrogen (secondary N) is 2. The number of nitrogens with zero attached hydrogens (tertiary/aromatic N) is 1. The highest BCUT2D eigenvalue weighted by Crippen LogP contribution is 2.06. The maximum absolute atomic E-state index is 12.6. The van der Waals surface area contributed by atoms with E-state index in [0.29, 0.717) is 18.6 Å². The molecule has 11 heteroatoms. The molecular formula is C19H29N5O5S. The van der Waals surface area contributed by atoms with E-state index in [1.54, 1.807) is 0 Å². The SMILES string of the molecule is CSCCC(NC(=O)OCc1ccccc1)C(=O)N[C@@H](CCCN=C(N)N)C(=O)O. The molecule has 30 heavy (non-hydrogen) atoms. The van der Waals surface area contributed by atoms with Crippen LogP contribution in [-0.4, -0.2) is 59.7 Å². The van der Waals surface area contributed by atoms with Gasteiger partial charge in [0.15, 0.2) is 5.96 Å². The Morgan fingerprint density at radius 2 is 1.83 bits per heavy atom. The lowest BCUT2D eigenvalue weighted by atomic mass is 10.1. The second-order valence-corrected chi connectivity index (χ2v) is 7.37. The molecule has 0 saturated heterocycles. The number of hydrogen-bond donors (Lipinski definition) is 5. The third-order valence-corrected chi connectivity index (χ3v) is 4.64. The number of alkyl carbamates (subject to hydrolysis) is 1. The minimum atomic E-state index is -1.18. The second-order valence-electron chi connectivity index (χ2n) is 6.39. The average Bonchev–Trinajstić information content (AvgIpc) is 2.72. The van der Waals surface area contributed by atoms with Gasteiger partial charge in [-0.15, -0.1) is 0 Å². The fourth-order valence-electron chi connectivity index (χ4n) is 2.44. The van der Waals surface area contributed by atoms with E-state index in [-0.39, 0.29) is 25.5 Å². The molecule has 1 aromatic carbocycles. The van der Waals surface area contributed by atoms with Crippen LogP contribution in [0.3, 0.4) is 0 Å². The van der Waals surface area contributed by atoms with Crippen molar-refractivity contribution in [2.24, 2.45) is 16.5 Å². The summed E-state index contributed by atoms with van der Waals surface area (Å²) in [5, 5.41) is 14.3. The molecule has 0 aliphatic heterocycles. The molecular weight excluding hydrogens is 410 g/mol. The number of aliphatic imine (C=N–C) groups is 1. The van der Waals surface area contributed by atoms with Gasteiger partial charge >= 0.3 is 12.1 Å². The Bertz CT molecular complexity index is 713. The Labute approximate surface area is 179 Å². The van der Waals surface area contributed by atoms with Crippen molar-refractivity contribution < 1.29 is 24.2 Å². The molecule has 0 aliphatic carbocycles. The topological polar surface area (TPSA) is 169 Å². The van der Waals surface area contributed by atoms with Crippen LogP contribution in [-0.2, 0) is 20.9 Å². The number of aliphatic carboxylic acids is 1. The Kier molecular flexibility index (Phi) is 11.8. The van der Waals surface area contributed by atoms with Crippen LogP contribution in [0.2, 0.25) is 0 Å². The molecule has 0 fully saturated rings. The van der Waals surface area contributed by atoms with Gasteiger partial charge in [0.1, 0.15) is 18.7 Å². The number of ether oxygens (including phenoxy) is 1. The number of carbonyl (C=O) groups excluding carboxylic acids is 2. The smallest absolute Gasteiger partial charge is 0.408 e. The highest BCUT2D eigenvalue weighted by Gasteiger charge is 2.26. The summed E-state index contributed by atoms with van der Waals surface area (Å²) in [5.41, 5.74) is 11.3. The summed E-state index contributed by atoms with van der Waals surface area (Å²) in [6.07, 6.45) is 1.96. The molecule has 0 spiro atoms. The van der Waals surface area contributed by atoms with Gasteiger partial charge in [-0.05, 0) is 36.8 Å². The standard InChI is InChI=1S/C19H29N5O5S/c1-30-11-9-14(24-19(28)29-12-13-6-3-2-4-7-13)16(25)23-15(17(26)27)8-5-10-22-18(20)21/h2-4,6-7,14-15H,5,8-12H2,1H3,(H,23,25)(H,24,28)(H,26,27)(H4,20,21,22)/t14?,15-/m0/s1. The van der Waals surface area contributed by atoms with Crippen LogP contribution >= 0.6 is 11.8 Å². The molecule has 2 atom stereocenters. The fourth-order valence-corrected chi connectivity index (χ4v) is 2.92. The first-order chi connectivity index (χ1) is 14.3. The fraction of sp³-hybridized carbons (Fsp3) is 0.474. The van der Waals surface area contributed by atoms with Crippen molar-refractivity contribution >= 4 is 35.7 Å². The number of rotatable bonds is 13. The van der Waals surface area contributed by atoms with Crippen LogP contribution in [0.15, 0.2) is 35.3 Å². The number of benzene rings is 1. The van der Waals surface area contributed by atoms with Crippen LogP contribution in [0.1, 0.15) is 24.8 Å². The summed E-state index contributed by atoms with van der Waals surface area (Å²) in [4.78, 5) is 40.0. The van der Waals surface area contributed by atoms with E-state index in [1.807, 2.05) is 36.6 Å². The summed E-state index contributed by atoms with van der Waals surface area (Å²) in [7, 11) is 0. The van der Waals surface area contributed by atoms with E-state index in [0.717, 1.165) is 5.56 Å². The molecule has 0 aliphatic rings. The van der Waals surface area contributed by atoms with E-state index in [4.69, 9.17) is 16.2 Å². The van der Waals surface area contributed by atoms with E-state index in [9.17, 15) is 19.5 Å². The van der Waals surface area contributed by atoms with Crippen molar-refractivity contribution in [3.63, 3.8) is 0 Å². The molecule has 10 nitrogen and oxygen atoms in total. The molecule has 166 valence electrons. The lowest BCUT2D eigenvalue weighted by molar-refractivity contribution is -0.142. The number of nitrogens with two attached hydrogens (primary N) is 2. The maximum atomic E-state index is 12.6. The van der Waals surface area contributed by atoms with Crippen LogP contribution in [0.25, 0.3) is 0 Å². The van der Waals surface area contributed by atoms with Crippen molar-refractivity contribution in [1.82, 2.24) is 10.6 Å². The first-order valence-corrected chi connectivity index (χ1v) is 10.8. The molecule has 1 unspecified atom stereocenters. The van der Waals surface area contributed by atoms with Gasteiger partial charge in [0.05, 0.1) is 0 Å². The van der Waals surface area contributed by atoms with Gasteiger partial charge in [-0.25, -0.2) is 9.59 Å². The van der Waals surface area contributed by atoms with E-state index in [1.165, 1.54) is 11.8 Å². The third kappa shape index (κ3) is 10.6. The van der Waals surface area contributed by atoms with E-state index >= 15 is 0 Å². The van der Waals surface area contributed by atoms with Crippen molar-refractivity contribution in [1.29, 1.82) is 0 Å². The Hall–Kier alpha value is -2.95. The number of amides is 2. The summed E-state index contributed by atoms with van der Waals surface area (Å²) < 4.78 is 5.15. The predicted octanol–water partition coefficient (Wildman–Crippen LogP) is 0.658. The van der Waals surface area contributed by atoms with Crippen LogP contribution in [0.5, 0.6) is 0 Å². The highest BCUT2D eigenvalue weighted by atomic mass is 32.2. The molecule has 7 N–H and O–H groups in total. The van der Waals surface area contributed by atoms with Crippen LogP contribution < -0.4 is 22.1 Å². The van der Waals surface area contributed by atoms with Gasteiger partial charge in [0.2, 0.25) is 5.91 Å². The summed E-state index contributed by atoms with van der Waals surface area (Å²) in [6, 6.07) is 7.08. The molecule has 0 radical (unpaired) electrons. The largest absolute Gasteiger partial charge is 0.480 e.